The van der Waals surface area contributed by atoms with E-state index in [4.69, 9.17) is 10.2 Å². The first kappa shape index (κ1) is 16.4. The van der Waals surface area contributed by atoms with E-state index in [0.717, 1.165) is 12.1 Å². The molecule has 0 bridgehead atoms. The molecule has 6 nitrogen and oxygen atoms in total. The number of carboxylic acids is 1. The van der Waals surface area contributed by atoms with Gasteiger partial charge in [-0.25, -0.2) is 17.9 Å². The van der Waals surface area contributed by atoms with E-state index in [9.17, 15) is 17.6 Å². The maximum atomic E-state index is 14.0. The molecule has 0 spiro atoms. The highest BCUT2D eigenvalue weighted by Crippen LogP contribution is 2.24. The van der Waals surface area contributed by atoms with Crippen molar-refractivity contribution in [1.82, 2.24) is 0 Å². The quantitative estimate of drug-likeness (QED) is 0.821. The fourth-order valence-corrected chi connectivity index (χ4v) is 2.27. The summed E-state index contributed by atoms with van der Waals surface area (Å²) in [6, 6.07) is 2.97. The summed E-state index contributed by atoms with van der Waals surface area (Å²) < 4.78 is 36.3. The van der Waals surface area contributed by atoms with Gasteiger partial charge in [0.2, 0.25) is 10.0 Å². The highest BCUT2D eigenvalue weighted by Gasteiger charge is 2.21. The number of benzene rings is 1. The first-order valence-corrected chi connectivity index (χ1v) is 7.52. The maximum Gasteiger partial charge on any atom is 0.323 e. The van der Waals surface area contributed by atoms with Gasteiger partial charge < -0.3 is 10.0 Å². The molecule has 0 heterocycles. The van der Waals surface area contributed by atoms with Crippen molar-refractivity contribution in [3.05, 3.63) is 24.0 Å². The molecule has 112 valence electrons. The van der Waals surface area contributed by atoms with Crippen LogP contribution in [0.15, 0.2) is 23.1 Å². The van der Waals surface area contributed by atoms with Crippen molar-refractivity contribution in [1.29, 1.82) is 0 Å². The summed E-state index contributed by atoms with van der Waals surface area (Å²) in [5.74, 6) is -1.92. The van der Waals surface area contributed by atoms with E-state index in [0.29, 0.717) is 6.42 Å². The van der Waals surface area contributed by atoms with Crippen LogP contribution in [0.3, 0.4) is 0 Å². The fraction of sp³-hybridized carbons (Fsp3) is 0.417. The molecule has 0 aliphatic rings. The number of hydrogen-bond donors (Lipinski definition) is 2. The van der Waals surface area contributed by atoms with Gasteiger partial charge in [-0.05, 0) is 31.5 Å². The van der Waals surface area contributed by atoms with Crippen LogP contribution in [0.25, 0.3) is 0 Å². The number of halogens is 1. The topological polar surface area (TPSA) is 101 Å². The van der Waals surface area contributed by atoms with Gasteiger partial charge >= 0.3 is 5.97 Å². The van der Waals surface area contributed by atoms with Crippen LogP contribution in [0.2, 0.25) is 0 Å². The van der Waals surface area contributed by atoms with Gasteiger partial charge in [-0.3, -0.25) is 4.79 Å². The molecule has 0 aromatic heterocycles. The summed E-state index contributed by atoms with van der Waals surface area (Å²) in [5, 5.41) is 13.8. The van der Waals surface area contributed by atoms with Crippen LogP contribution in [-0.4, -0.2) is 32.1 Å². The van der Waals surface area contributed by atoms with Crippen molar-refractivity contribution in [3.8, 4) is 0 Å². The van der Waals surface area contributed by atoms with Crippen molar-refractivity contribution >= 4 is 21.7 Å². The van der Waals surface area contributed by atoms with Gasteiger partial charge in [0.05, 0.1) is 10.6 Å². The van der Waals surface area contributed by atoms with Gasteiger partial charge in [0.25, 0.3) is 0 Å². The summed E-state index contributed by atoms with van der Waals surface area (Å²) in [5.41, 5.74) is 0.0363. The van der Waals surface area contributed by atoms with E-state index in [1.165, 1.54) is 11.0 Å². The van der Waals surface area contributed by atoms with E-state index >= 15 is 0 Å². The monoisotopic (exact) mass is 304 g/mol. The van der Waals surface area contributed by atoms with Gasteiger partial charge in [0.15, 0.2) is 0 Å². The minimum Gasteiger partial charge on any atom is -0.480 e. The van der Waals surface area contributed by atoms with Crippen LogP contribution >= 0.6 is 0 Å². The molecule has 3 N–H and O–H groups in total. The second-order valence-corrected chi connectivity index (χ2v) is 6.00. The number of carbonyl (C=O) groups is 1. The zero-order valence-corrected chi connectivity index (χ0v) is 12.0. The number of sulfonamides is 1. The molecule has 1 atom stereocenters. The highest BCUT2D eigenvalue weighted by molar-refractivity contribution is 7.89. The second kappa shape index (κ2) is 6.19. The SMILES string of the molecule is CCC(C)N(CC(=O)O)c1ccc(S(N)(=O)=O)cc1F. The van der Waals surface area contributed by atoms with E-state index < -0.39 is 21.8 Å². The first-order valence-electron chi connectivity index (χ1n) is 5.97. The number of rotatable bonds is 6. The summed E-state index contributed by atoms with van der Waals surface area (Å²) in [7, 11) is -3.99. The van der Waals surface area contributed by atoms with Crippen molar-refractivity contribution in [3.63, 3.8) is 0 Å². The maximum absolute atomic E-state index is 14.0. The lowest BCUT2D eigenvalue weighted by molar-refractivity contribution is -0.135. The number of aliphatic carboxylic acids is 1. The van der Waals surface area contributed by atoms with Crippen LogP contribution in [-0.2, 0) is 14.8 Å². The van der Waals surface area contributed by atoms with Crippen LogP contribution in [0.4, 0.5) is 10.1 Å². The predicted octanol–water partition coefficient (Wildman–Crippen LogP) is 1.16. The summed E-state index contributed by atoms with van der Waals surface area (Å²) >= 11 is 0. The summed E-state index contributed by atoms with van der Waals surface area (Å²) in [6.07, 6.45) is 0.615. The number of hydrogen-bond acceptors (Lipinski definition) is 4. The standard InChI is InChI=1S/C12H17FN2O4S/c1-3-8(2)15(7-12(16)17)11-5-4-9(6-10(11)13)20(14,18)19/h4-6,8H,3,7H2,1-2H3,(H,16,17)(H2,14,18,19). The Labute approximate surface area is 117 Å². The third kappa shape index (κ3) is 3.91. The predicted molar refractivity (Wildman–Crippen MR) is 72.5 cm³/mol. The Morgan fingerprint density at radius 3 is 2.50 bits per heavy atom. The molecular weight excluding hydrogens is 287 g/mol. The smallest absolute Gasteiger partial charge is 0.323 e. The minimum absolute atomic E-state index is 0.0363. The highest BCUT2D eigenvalue weighted by atomic mass is 32.2. The largest absolute Gasteiger partial charge is 0.480 e. The molecule has 1 unspecified atom stereocenters. The molecule has 0 saturated heterocycles. The van der Waals surface area contributed by atoms with E-state index in [1.54, 1.807) is 6.92 Å². The number of anilines is 1. The molecule has 1 aromatic carbocycles. The molecule has 8 heteroatoms. The molecule has 1 rings (SSSR count). The van der Waals surface area contributed by atoms with Gasteiger partial charge in [0.1, 0.15) is 12.4 Å². The molecular formula is C12H17FN2O4S. The molecule has 20 heavy (non-hydrogen) atoms. The molecule has 0 fully saturated rings. The number of carboxylic acid groups (broad SMARTS) is 1. The van der Waals surface area contributed by atoms with Crippen molar-refractivity contribution in [2.75, 3.05) is 11.4 Å². The lowest BCUT2D eigenvalue weighted by atomic mass is 10.1. The Bertz CT molecular complexity index is 603. The summed E-state index contributed by atoms with van der Waals surface area (Å²) in [6.45, 7) is 3.23. The lowest BCUT2D eigenvalue weighted by Gasteiger charge is -2.29. The normalized spacial score (nSPS) is 13.0. The van der Waals surface area contributed by atoms with Crippen molar-refractivity contribution < 1.29 is 22.7 Å². The second-order valence-electron chi connectivity index (χ2n) is 4.44. The molecule has 1 aromatic rings. The number of nitrogens with zero attached hydrogens (tertiary/aromatic N) is 1. The van der Waals surface area contributed by atoms with Crippen LogP contribution in [0.1, 0.15) is 20.3 Å². The average molecular weight is 304 g/mol. The Morgan fingerprint density at radius 1 is 1.50 bits per heavy atom. The molecule has 0 aliphatic carbocycles. The third-order valence-corrected chi connectivity index (χ3v) is 3.90. The molecule has 0 aliphatic heterocycles. The molecule has 0 radical (unpaired) electrons. The Kier molecular flexibility index (Phi) is 5.07. The van der Waals surface area contributed by atoms with Gasteiger partial charge in [-0.1, -0.05) is 6.92 Å². The zero-order chi connectivity index (χ0) is 15.5. The van der Waals surface area contributed by atoms with Crippen molar-refractivity contribution in [2.24, 2.45) is 5.14 Å². The van der Waals surface area contributed by atoms with E-state index in [-0.39, 0.29) is 23.2 Å². The number of primary sulfonamides is 1. The third-order valence-electron chi connectivity index (χ3n) is 2.99. The number of nitrogens with two attached hydrogens (primary N) is 1. The minimum atomic E-state index is -3.99. The van der Waals surface area contributed by atoms with Gasteiger partial charge in [-0.15, -0.1) is 0 Å². The van der Waals surface area contributed by atoms with Crippen molar-refractivity contribution in [2.45, 2.75) is 31.2 Å². The van der Waals surface area contributed by atoms with E-state index in [1.807, 2.05) is 6.92 Å². The first-order chi connectivity index (χ1) is 9.16. The molecule has 0 saturated carbocycles. The average Bonchev–Trinajstić information content (AvgIpc) is 2.34. The Balaban J connectivity index is 3.24. The van der Waals surface area contributed by atoms with Crippen LogP contribution < -0.4 is 10.0 Å². The summed E-state index contributed by atoms with van der Waals surface area (Å²) in [4.78, 5) is 11.9. The lowest BCUT2D eigenvalue weighted by Crippen LogP contribution is -2.37. The Hall–Kier alpha value is -1.67. The van der Waals surface area contributed by atoms with Crippen LogP contribution in [0.5, 0.6) is 0 Å². The zero-order valence-electron chi connectivity index (χ0n) is 11.2. The van der Waals surface area contributed by atoms with Crippen LogP contribution in [0, 0.1) is 5.82 Å². The van der Waals surface area contributed by atoms with Gasteiger partial charge in [-0.2, -0.15) is 0 Å². The van der Waals surface area contributed by atoms with E-state index in [2.05, 4.69) is 0 Å². The molecule has 0 amide bonds. The fourth-order valence-electron chi connectivity index (χ4n) is 1.74. The van der Waals surface area contributed by atoms with Gasteiger partial charge in [0, 0.05) is 6.04 Å². The Morgan fingerprint density at radius 2 is 2.10 bits per heavy atom.